The fourth-order valence-corrected chi connectivity index (χ4v) is 1.80. The van der Waals surface area contributed by atoms with E-state index in [1.54, 1.807) is 23.0 Å². The first kappa shape index (κ1) is 14.1. The molecule has 5 nitrogen and oxygen atoms in total. The predicted molar refractivity (Wildman–Crippen MR) is 75.3 cm³/mol. The molecule has 0 aliphatic rings. The lowest BCUT2D eigenvalue weighted by molar-refractivity contribution is 0.0596. The molecule has 5 heteroatoms. The average molecular weight is 274 g/mol. The Hall–Kier alpha value is -2.30. The Morgan fingerprint density at radius 3 is 2.90 bits per heavy atom. The van der Waals surface area contributed by atoms with E-state index in [0.717, 1.165) is 18.5 Å². The van der Waals surface area contributed by atoms with E-state index >= 15 is 0 Å². The number of carbonyl (C=O) groups excluding carboxylic acids is 1. The van der Waals surface area contributed by atoms with E-state index in [4.69, 9.17) is 9.47 Å². The number of hydrogen-bond acceptors (Lipinski definition) is 4. The van der Waals surface area contributed by atoms with Gasteiger partial charge in [0.15, 0.2) is 0 Å². The molecule has 1 aromatic carbocycles. The smallest absolute Gasteiger partial charge is 0.341 e. The summed E-state index contributed by atoms with van der Waals surface area (Å²) in [5.74, 6) is 0.127. The number of nitrogens with zero attached hydrogens (tertiary/aromatic N) is 2. The van der Waals surface area contributed by atoms with Gasteiger partial charge in [-0.15, -0.1) is 0 Å². The molecule has 0 radical (unpaired) electrons. The zero-order chi connectivity index (χ0) is 14.4. The number of aromatic nitrogens is 2. The minimum atomic E-state index is -0.400. The summed E-state index contributed by atoms with van der Waals surface area (Å²) in [6.07, 6.45) is 5.51. The van der Waals surface area contributed by atoms with Crippen molar-refractivity contribution in [1.29, 1.82) is 0 Å². The minimum Gasteiger partial charge on any atom is -0.493 e. The Kier molecular flexibility index (Phi) is 4.76. The molecule has 0 aliphatic carbocycles. The van der Waals surface area contributed by atoms with Crippen molar-refractivity contribution in [2.75, 3.05) is 13.7 Å². The summed E-state index contributed by atoms with van der Waals surface area (Å²) >= 11 is 0. The van der Waals surface area contributed by atoms with Crippen molar-refractivity contribution in [3.63, 3.8) is 0 Å². The summed E-state index contributed by atoms with van der Waals surface area (Å²) in [7, 11) is 1.36. The van der Waals surface area contributed by atoms with Gasteiger partial charge in [-0.1, -0.05) is 13.3 Å². The largest absolute Gasteiger partial charge is 0.493 e. The highest BCUT2D eigenvalue weighted by Gasteiger charge is 2.14. The van der Waals surface area contributed by atoms with E-state index in [9.17, 15) is 4.79 Å². The van der Waals surface area contributed by atoms with Gasteiger partial charge in [0, 0.05) is 18.5 Å². The zero-order valence-electron chi connectivity index (χ0n) is 11.7. The molecular weight excluding hydrogens is 256 g/mol. The number of ether oxygens (including phenoxy) is 2. The summed E-state index contributed by atoms with van der Waals surface area (Å²) in [6.45, 7) is 2.66. The molecule has 0 saturated carbocycles. The van der Waals surface area contributed by atoms with Crippen LogP contribution in [0, 0.1) is 0 Å². The Bertz CT molecular complexity index is 565. The summed E-state index contributed by atoms with van der Waals surface area (Å²) in [5.41, 5.74) is 1.27. The van der Waals surface area contributed by atoms with Crippen LogP contribution >= 0.6 is 0 Å². The van der Waals surface area contributed by atoms with Gasteiger partial charge in [0.2, 0.25) is 0 Å². The summed E-state index contributed by atoms with van der Waals surface area (Å²) in [5, 5.41) is 4.16. The number of unbranched alkanes of at least 4 members (excludes halogenated alkanes) is 1. The second kappa shape index (κ2) is 6.75. The molecule has 0 bridgehead atoms. The third kappa shape index (κ3) is 3.17. The van der Waals surface area contributed by atoms with Crippen LogP contribution < -0.4 is 4.74 Å². The standard InChI is InChI=1S/C15H18N2O3/c1-3-4-10-20-14-11-12(17-9-5-8-16-17)6-7-13(14)15(18)19-2/h5-9,11H,3-4,10H2,1-2H3. The van der Waals surface area contributed by atoms with Gasteiger partial charge < -0.3 is 9.47 Å². The van der Waals surface area contributed by atoms with Crippen LogP contribution in [0.4, 0.5) is 0 Å². The predicted octanol–water partition coefficient (Wildman–Crippen LogP) is 2.84. The molecule has 2 aromatic rings. The van der Waals surface area contributed by atoms with Gasteiger partial charge in [0.25, 0.3) is 0 Å². The van der Waals surface area contributed by atoms with Crippen LogP contribution in [0.5, 0.6) is 5.75 Å². The summed E-state index contributed by atoms with van der Waals surface area (Å²) < 4.78 is 12.2. The van der Waals surface area contributed by atoms with Crippen molar-refractivity contribution in [1.82, 2.24) is 9.78 Å². The third-order valence-electron chi connectivity index (χ3n) is 2.89. The maximum absolute atomic E-state index is 11.7. The van der Waals surface area contributed by atoms with Crippen LogP contribution in [0.2, 0.25) is 0 Å². The van der Waals surface area contributed by atoms with Gasteiger partial charge in [-0.05, 0) is 24.6 Å². The molecule has 0 aliphatic heterocycles. The molecule has 1 heterocycles. The van der Waals surface area contributed by atoms with Gasteiger partial charge >= 0.3 is 5.97 Å². The molecule has 1 aromatic heterocycles. The number of rotatable bonds is 6. The lowest BCUT2D eigenvalue weighted by atomic mass is 10.2. The highest BCUT2D eigenvalue weighted by molar-refractivity contribution is 5.92. The van der Waals surface area contributed by atoms with Crippen molar-refractivity contribution >= 4 is 5.97 Å². The maximum Gasteiger partial charge on any atom is 0.341 e. The second-order valence-electron chi connectivity index (χ2n) is 4.32. The van der Waals surface area contributed by atoms with E-state index in [2.05, 4.69) is 12.0 Å². The normalized spacial score (nSPS) is 10.3. The van der Waals surface area contributed by atoms with Crippen molar-refractivity contribution in [2.45, 2.75) is 19.8 Å². The first-order chi connectivity index (χ1) is 9.76. The topological polar surface area (TPSA) is 53.4 Å². The van der Waals surface area contributed by atoms with Crippen molar-refractivity contribution in [3.05, 3.63) is 42.2 Å². The van der Waals surface area contributed by atoms with Gasteiger partial charge in [-0.2, -0.15) is 5.10 Å². The molecule has 20 heavy (non-hydrogen) atoms. The van der Waals surface area contributed by atoms with Crippen LogP contribution in [0.3, 0.4) is 0 Å². The van der Waals surface area contributed by atoms with Gasteiger partial charge in [-0.25, -0.2) is 9.48 Å². The maximum atomic E-state index is 11.7. The Balaban J connectivity index is 2.31. The number of benzene rings is 1. The molecule has 106 valence electrons. The van der Waals surface area contributed by atoms with Crippen LogP contribution in [-0.4, -0.2) is 29.5 Å². The Morgan fingerprint density at radius 2 is 2.25 bits per heavy atom. The Labute approximate surface area is 118 Å². The van der Waals surface area contributed by atoms with Crippen LogP contribution in [0.15, 0.2) is 36.7 Å². The number of carbonyl (C=O) groups is 1. The first-order valence-corrected chi connectivity index (χ1v) is 6.61. The number of hydrogen-bond donors (Lipinski definition) is 0. The van der Waals surface area contributed by atoms with Crippen molar-refractivity contribution in [3.8, 4) is 11.4 Å². The minimum absolute atomic E-state index is 0.400. The van der Waals surface area contributed by atoms with E-state index in [1.165, 1.54) is 7.11 Å². The lowest BCUT2D eigenvalue weighted by Crippen LogP contribution is -2.08. The summed E-state index contributed by atoms with van der Waals surface area (Å²) in [4.78, 5) is 11.7. The molecular formula is C15H18N2O3. The van der Waals surface area contributed by atoms with E-state index < -0.39 is 5.97 Å². The molecule has 0 amide bonds. The fraction of sp³-hybridized carbons (Fsp3) is 0.333. The summed E-state index contributed by atoms with van der Waals surface area (Å²) in [6, 6.07) is 7.15. The number of esters is 1. The highest BCUT2D eigenvalue weighted by atomic mass is 16.5. The van der Waals surface area contributed by atoms with Gasteiger partial charge in [0.1, 0.15) is 11.3 Å². The zero-order valence-corrected chi connectivity index (χ0v) is 11.7. The van der Waals surface area contributed by atoms with Crippen LogP contribution in [0.1, 0.15) is 30.1 Å². The number of methoxy groups -OCH3 is 1. The van der Waals surface area contributed by atoms with Gasteiger partial charge in [-0.3, -0.25) is 0 Å². The molecule has 0 spiro atoms. The molecule has 2 rings (SSSR count). The van der Waals surface area contributed by atoms with E-state index in [1.807, 2.05) is 18.3 Å². The molecule has 0 saturated heterocycles. The van der Waals surface area contributed by atoms with Crippen LogP contribution in [-0.2, 0) is 4.74 Å². The van der Waals surface area contributed by atoms with E-state index in [-0.39, 0.29) is 0 Å². The first-order valence-electron chi connectivity index (χ1n) is 6.61. The molecule has 0 atom stereocenters. The quantitative estimate of drug-likeness (QED) is 0.600. The fourth-order valence-electron chi connectivity index (χ4n) is 1.80. The van der Waals surface area contributed by atoms with E-state index in [0.29, 0.717) is 17.9 Å². The van der Waals surface area contributed by atoms with Crippen molar-refractivity contribution in [2.24, 2.45) is 0 Å². The molecule has 0 unspecified atom stereocenters. The monoisotopic (exact) mass is 274 g/mol. The highest BCUT2D eigenvalue weighted by Crippen LogP contribution is 2.23. The average Bonchev–Trinajstić information content (AvgIpc) is 3.01. The lowest BCUT2D eigenvalue weighted by Gasteiger charge is -2.12. The second-order valence-corrected chi connectivity index (χ2v) is 4.32. The molecule has 0 N–H and O–H groups in total. The Morgan fingerprint density at radius 1 is 1.40 bits per heavy atom. The third-order valence-corrected chi connectivity index (χ3v) is 2.89. The van der Waals surface area contributed by atoms with Crippen LogP contribution in [0.25, 0.3) is 5.69 Å². The SMILES string of the molecule is CCCCOc1cc(-n2cccn2)ccc1C(=O)OC. The van der Waals surface area contributed by atoms with Crippen molar-refractivity contribution < 1.29 is 14.3 Å². The van der Waals surface area contributed by atoms with Gasteiger partial charge in [0.05, 0.1) is 19.4 Å². The molecule has 0 fully saturated rings.